The second-order valence-electron chi connectivity index (χ2n) is 7.33. The highest BCUT2D eigenvalue weighted by Crippen LogP contribution is 2.19. The lowest BCUT2D eigenvalue weighted by Gasteiger charge is -2.31. The summed E-state index contributed by atoms with van der Waals surface area (Å²) in [5.74, 6) is 0.547. The standard InChI is InChI=1S/C24H32N4O2.HI/c1-3-19-9-7-8-12-21(19)17-26-24(25-2)27-18-22(20-10-5-4-6-11-20)23(29)28-13-15-30-16-14-28;/h4-12,22H,3,13-18H2,1-2H3,(H2,25,26,27);1H. The van der Waals surface area contributed by atoms with Crippen molar-refractivity contribution in [2.45, 2.75) is 25.8 Å². The van der Waals surface area contributed by atoms with Crippen LogP contribution in [0.3, 0.4) is 0 Å². The number of carbonyl (C=O) groups is 1. The van der Waals surface area contributed by atoms with Crippen molar-refractivity contribution in [2.24, 2.45) is 4.99 Å². The van der Waals surface area contributed by atoms with E-state index in [1.54, 1.807) is 7.05 Å². The molecule has 1 atom stereocenters. The van der Waals surface area contributed by atoms with E-state index >= 15 is 0 Å². The molecule has 1 saturated heterocycles. The van der Waals surface area contributed by atoms with Crippen molar-refractivity contribution >= 4 is 35.8 Å². The number of benzene rings is 2. The fourth-order valence-corrected chi connectivity index (χ4v) is 3.71. The number of aliphatic imine (C=N–C) groups is 1. The summed E-state index contributed by atoms with van der Waals surface area (Å²) in [6.07, 6.45) is 0.994. The third-order valence-corrected chi connectivity index (χ3v) is 5.47. The van der Waals surface area contributed by atoms with Crippen LogP contribution in [0.1, 0.15) is 29.5 Å². The van der Waals surface area contributed by atoms with Crippen LogP contribution in [0.2, 0.25) is 0 Å². The zero-order chi connectivity index (χ0) is 21.2. The van der Waals surface area contributed by atoms with E-state index in [0.29, 0.717) is 45.4 Å². The molecule has 2 N–H and O–H groups in total. The molecule has 1 unspecified atom stereocenters. The number of amides is 1. The van der Waals surface area contributed by atoms with Crippen LogP contribution in [-0.2, 0) is 22.5 Å². The van der Waals surface area contributed by atoms with E-state index < -0.39 is 0 Å². The van der Waals surface area contributed by atoms with Gasteiger partial charge in [-0.15, -0.1) is 24.0 Å². The number of rotatable bonds is 7. The third-order valence-electron chi connectivity index (χ3n) is 5.47. The Hall–Kier alpha value is -2.13. The molecule has 0 saturated carbocycles. The summed E-state index contributed by atoms with van der Waals surface area (Å²) in [4.78, 5) is 19.5. The Morgan fingerprint density at radius 3 is 2.32 bits per heavy atom. The van der Waals surface area contributed by atoms with Crippen LogP contribution in [0, 0.1) is 0 Å². The van der Waals surface area contributed by atoms with Crippen molar-refractivity contribution in [3.63, 3.8) is 0 Å². The summed E-state index contributed by atoms with van der Waals surface area (Å²) in [5.41, 5.74) is 3.59. The normalized spacial score (nSPS) is 15.0. The zero-order valence-corrected chi connectivity index (χ0v) is 20.7. The quantitative estimate of drug-likeness (QED) is 0.324. The SMILES string of the molecule is CCc1ccccc1CNC(=NC)NCC(C(=O)N1CCOCC1)c1ccccc1.I. The minimum Gasteiger partial charge on any atom is -0.378 e. The number of carbonyl (C=O) groups excluding carboxylic acids is 1. The molecule has 0 aromatic heterocycles. The Bertz CT molecular complexity index is 838. The smallest absolute Gasteiger partial charge is 0.232 e. The van der Waals surface area contributed by atoms with Gasteiger partial charge in [0.25, 0.3) is 0 Å². The molecule has 2 aromatic carbocycles. The Balaban J connectivity index is 0.00000341. The first kappa shape index (κ1) is 25.1. The van der Waals surface area contributed by atoms with Gasteiger partial charge < -0.3 is 20.3 Å². The maximum absolute atomic E-state index is 13.2. The molecule has 1 fully saturated rings. The summed E-state index contributed by atoms with van der Waals surface area (Å²) in [6.45, 7) is 5.81. The topological polar surface area (TPSA) is 66.0 Å². The average Bonchev–Trinajstić information content (AvgIpc) is 2.82. The fraction of sp³-hybridized carbons (Fsp3) is 0.417. The molecule has 1 aliphatic rings. The molecule has 3 rings (SSSR count). The highest BCUT2D eigenvalue weighted by Gasteiger charge is 2.27. The number of guanidine groups is 1. The fourth-order valence-electron chi connectivity index (χ4n) is 3.71. The number of morpholine rings is 1. The van der Waals surface area contributed by atoms with E-state index in [1.807, 2.05) is 35.2 Å². The minimum atomic E-state index is -0.272. The number of hydrogen-bond donors (Lipinski definition) is 2. The minimum absolute atomic E-state index is 0. The van der Waals surface area contributed by atoms with Crippen molar-refractivity contribution in [3.05, 3.63) is 71.3 Å². The highest BCUT2D eigenvalue weighted by atomic mass is 127. The van der Waals surface area contributed by atoms with Gasteiger partial charge in [-0.3, -0.25) is 9.79 Å². The second-order valence-corrected chi connectivity index (χ2v) is 7.33. The molecule has 1 heterocycles. The van der Waals surface area contributed by atoms with Crippen LogP contribution >= 0.6 is 24.0 Å². The van der Waals surface area contributed by atoms with E-state index in [9.17, 15) is 4.79 Å². The molecular weight excluding hydrogens is 503 g/mol. The van der Waals surface area contributed by atoms with Gasteiger partial charge in [0.15, 0.2) is 5.96 Å². The predicted molar refractivity (Wildman–Crippen MR) is 136 cm³/mol. The number of nitrogens with zero attached hydrogens (tertiary/aromatic N) is 2. The first-order valence-electron chi connectivity index (χ1n) is 10.7. The Kier molecular flexibility index (Phi) is 10.8. The van der Waals surface area contributed by atoms with Gasteiger partial charge >= 0.3 is 0 Å². The van der Waals surface area contributed by atoms with E-state index in [-0.39, 0.29) is 35.8 Å². The van der Waals surface area contributed by atoms with Gasteiger partial charge in [0.2, 0.25) is 5.91 Å². The summed E-state index contributed by atoms with van der Waals surface area (Å²) in [7, 11) is 1.75. The number of nitrogens with one attached hydrogen (secondary N) is 2. The Morgan fingerprint density at radius 2 is 1.68 bits per heavy atom. The maximum atomic E-state index is 13.2. The van der Waals surface area contributed by atoms with Gasteiger partial charge in [-0.05, 0) is 23.1 Å². The molecule has 168 valence electrons. The molecule has 7 heteroatoms. The van der Waals surface area contributed by atoms with Crippen LogP contribution < -0.4 is 10.6 Å². The summed E-state index contributed by atoms with van der Waals surface area (Å²) >= 11 is 0. The highest BCUT2D eigenvalue weighted by molar-refractivity contribution is 14.0. The lowest BCUT2D eigenvalue weighted by atomic mass is 9.97. The predicted octanol–water partition coefficient (Wildman–Crippen LogP) is 3.17. The van der Waals surface area contributed by atoms with E-state index in [2.05, 4.69) is 46.8 Å². The second kappa shape index (κ2) is 13.3. The molecule has 1 aliphatic heterocycles. The van der Waals surface area contributed by atoms with E-state index in [4.69, 9.17) is 4.74 Å². The molecule has 31 heavy (non-hydrogen) atoms. The van der Waals surface area contributed by atoms with Crippen molar-refractivity contribution in [3.8, 4) is 0 Å². The van der Waals surface area contributed by atoms with Gasteiger partial charge in [-0.2, -0.15) is 0 Å². The molecule has 0 bridgehead atoms. The number of halogens is 1. The van der Waals surface area contributed by atoms with Gasteiger partial charge in [-0.25, -0.2) is 0 Å². The van der Waals surface area contributed by atoms with E-state index in [0.717, 1.165) is 12.0 Å². The summed E-state index contributed by atoms with van der Waals surface area (Å²) in [5, 5.41) is 6.74. The van der Waals surface area contributed by atoms with Crippen LogP contribution in [0.25, 0.3) is 0 Å². The lowest BCUT2D eigenvalue weighted by molar-refractivity contribution is -0.136. The largest absolute Gasteiger partial charge is 0.378 e. The molecule has 2 aromatic rings. The summed E-state index contributed by atoms with van der Waals surface area (Å²) < 4.78 is 5.41. The van der Waals surface area contributed by atoms with Crippen molar-refractivity contribution in [1.82, 2.24) is 15.5 Å². The van der Waals surface area contributed by atoms with Crippen molar-refractivity contribution in [1.29, 1.82) is 0 Å². The molecule has 1 amide bonds. The lowest BCUT2D eigenvalue weighted by Crippen LogP contribution is -2.47. The number of aryl methyl sites for hydroxylation is 1. The first-order chi connectivity index (χ1) is 14.7. The Labute approximate surface area is 202 Å². The zero-order valence-electron chi connectivity index (χ0n) is 18.3. The third kappa shape index (κ3) is 7.21. The number of ether oxygens (including phenoxy) is 1. The molecular formula is C24H33IN4O2. The van der Waals surface area contributed by atoms with Gasteiger partial charge in [-0.1, -0.05) is 61.5 Å². The van der Waals surface area contributed by atoms with Crippen LogP contribution in [0.15, 0.2) is 59.6 Å². The Morgan fingerprint density at radius 1 is 1.03 bits per heavy atom. The van der Waals surface area contributed by atoms with Crippen LogP contribution in [0.4, 0.5) is 0 Å². The first-order valence-corrected chi connectivity index (χ1v) is 10.7. The van der Waals surface area contributed by atoms with Crippen LogP contribution in [0.5, 0.6) is 0 Å². The monoisotopic (exact) mass is 536 g/mol. The maximum Gasteiger partial charge on any atom is 0.232 e. The van der Waals surface area contributed by atoms with Gasteiger partial charge in [0.05, 0.1) is 19.1 Å². The van der Waals surface area contributed by atoms with Crippen LogP contribution in [-0.4, -0.2) is 56.7 Å². The van der Waals surface area contributed by atoms with Crippen molar-refractivity contribution < 1.29 is 9.53 Å². The molecule has 6 nitrogen and oxygen atoms in total. The average molecular weight is 536 g/mol. The molecule has 0 spiro atoms. The van der Waals surface area contributed by atoms with Gasteiger partial charge in [0.1, 0.15) is 0 Å². The molecule has 0 aliphatic carbocycles. The molecule has 0 radical (unpaired) electrons. The summed E-state index contributed by atoms with van der Waals surface area (Å²) in [6, 6.07) is 18.4. The van der Waals surface area contributed by atoms with Gasteiger partial charge in [0, 0.05) is 33.2 Å². The van der Waals surface area contributed by atoms with E-state index in [1.165, 1.54) is 11.1 Å². The van der Waals surface area contributed by atoms with Crippen molar-refractivity contribution in [2.75, 3.05) is 39.9 Å². The number of hydrogen-bond acceptors (Lipinski definition) is 3.